The molecule has 1 aromatic heterocycles. The number of carboxylic acid groups (broad SMARTS) is 1. The molecular formula is C11H13N5O3S. The van der Waals surface area contributed by atoms with Crippen LogP contribution in [0.2, 0.25) is 0 Å². The smallest absolute Gasteiger partial charge is 0.248 e. The predicted molar refractivity (Wildman–Crippen MR) is 66.5 cm³/mol. The SMILES string of the molecule is C[n+]1ccn(CC2=C(C(=O)[O-])N3C(=O)[C@@H](N)[C@H]3SC2)n1. The van der Waals surface area contributed by atoms with E-state index in [1.165, 1.54) is 16.7 Å². The zero-order chi connectivity index (χ0) is 14.4. The van der Waals surface area contributed by atoms with E-state index in [2.05, 4.69) is 5.21 Å². The van der Waals surface area contributed by atoms with E-state index in [0.717, 1.165) is 0 Å². The van der Waals surface area contributed by atoms with Gasteiger partial charge in [0.25, 0.3) is 0 Å². The summed E-state index contributed by atoms with van der Waals surface area (Å²) in [5.74, 6) is -1.22. The Kier molecular flexibility index (Phi) is 3.02. The topological polar surface area (TPSA) is 108 Å². The third-order valence-electron chi connectivity index (χ3n) is 3.35. The Balaban J connectivity index is 1.94. The summed E-state index contributed by atoms with van der Waals surface area (Å²) in [7, 11) is 1.77. The molecule has 0 radical (unpaired) electrons. The van der Waals surface area contributed by atoms with Gasteiger partial charge in [-0.05, 0) is 0 Å². The molecule has 1 saturated heterocycles. The van der Waals surface area contributed by atoms with Crippen molar-refractivity contribution in [3.05, 3.63) is 23.7 Å². The minimum Gasteiger partial charge on any atom is -0.543 e. The number of aromatic nitrogens is 3. The van der Waals surface area contributed by atoms with E-state index in [-0.39, 0.29) is 17.0 Å². The summed E-state index contributed by atoms with van der Waals surface area (Å²) >= 11 is 1.46. The summed E-state index contributed by atoms with van der Waals surface area (Å²) in [5, 5.41) is 15.2. The molecule has 2 aliphatic heterocycles. The van der Waals surface area contributed by atoms with Crippen molar-refractivity contribution >= 4 is 23.6 Å². The van der Waals surface area contributed by atoms with Crippen LogP contribution in [0.3, 0.4) is 0 Å². The summed E-state index contributed by atoms with van der Waals surface area (Å²) in [6, 6.07) is -0.626. The zero-order valence-corrected chi connectivity index (χ0v) is 11.5. The number of carbonyl (C=O) groups excluding carboxylic acids is 2. The van der Waals surface area contributed by atoms with Gasteiger partial charge in [0.1, 0.15) is 25.0 Å². The third kappa shape index (κ3) is 1.90. The second kappa shape index (κ2) is 4.60. The summed E-state index contributed by atoms with van der Waals surface area (Å²) < 4.78 is 3.23. The number of thioether (sulfide) groups is 1. The Labute approximate surface area is 118 Å². The lowest BCUT2D eigenvalue weighted by Crippen LogP contribution is -2.69. The van der Waals surface area contributed by atoms with Crippen LogP contribution in [0.25, 0.3) is 0 Å². The highest BCUT2D eigenvalue weighted by molar-refractivity contribution is 8.00. The summed E-state index contributed by atoms with van der Waals surface area (Å²) in [4.78, 5) is 24.3. The van der Waals surface area contributed by atoms with Gasteiger partial charge in [0.05, 0.1) is 16.9 Å². The molecule has 0 aromatic carbocycles. The van der Waals surface area contributed by atoms with Gasteiger partial charge in [0.15, 0.2) is 12.4 Å². The monoisotopic (exact) mass is 295 g/mol. The largest absolute Gasteiger partial charge is 0.543 e. The van der Waals surface area contributed by atoms with E-state index in [0.29, 0.717) is 17.9 Å². The summed E-state index contributed by atoms with van der Waals surface area (Å²) in [5.41, 5.74) is 6.22. The van der Waals surface area contributed by atoms with Crippen LogP contribution in [0.4, 0.5) is 0 Å². The number of hydrogen-bond acceptors (Lipinski definition) is 6. The summed E-state index contributed by atoms with van der Waals surface area (Å²) in [6.45, 7) is 0.308. The molecule has 106 valence electrons. The van der Waals surface area contributed by atoms with Gasteiger partial charge in [-0.1, -0.05) is 0 Å². The fraction of sp³-hybridized carbons (Fsp3) is 0.455. The third-order valence-corrected chi connectivity index (χ3v) is 4.71. The molecule has 20 heavy (non-hydrogen) atoms. The average molecular weight is 295 g/mol. The molecule has 1 amide bonds. The van der Waals surface area contributed by atoms with Crippen LogP contribution < -0.4 is 15.5 Å². The first-order chi connectivity index (χ1) is 9.49. The number of aliphatic carboxylic acids is 1. The molecule has 2 N–H and O–H groups in total. The Morgan fingerprint density at radius 3 is 3.05 bits per heavy atom. The minimum absolute atomic E-state index is 0.0568. The molecule has 3 heterocycles. The molecule has 0 unspecified atom stereocenters. The summed E-state index contributed by atoms with van der Waals surface area (Å²) in [6.07, 6.45) is 3.49. The highest BCUT2D eigenvalue weighted by atomic mass is 32.2. The molecule has 0 spiro atoms. The number of carboxylic acids is 1. The maximum absolute atomic E-state index is 11.7. The number of nitrogens with zero attached hydrogens (tertiary/aromatic N) is 4. The average Bonchev–Trinajstić information content (AvgIpc) is 2.82. The van der Waals surface area contributed by atoms with Gasteiger partial charge in [0.2, 0.25) is 5.91 Å². The highest BCUT2D eigenvalue weighted by Crippen LogP contribution is 2.39. The highest BCUT2D eigenvalue weighted by Gasteiger charge is 2.50. The fourth-order valence-corrected chi connectivity index (χ4v) is 3.67. The van der Waals surface area contributed by atoms with Crippen LogP contribution in [-0.2, 0) is 23.2 Å². The lowest BCUT2D eigenvalue weighted by Gasteiger charge is -2.49. The van der Waals surface area contributed by atoms with Gasteiger partial charge in [-0.15, -0.1) is 21.1 Å². The van der Waals surface area contributed by atoms with E-state index in [1.54, 1.807) is 28.8 Å². The first-order valence-corrected chi connectivity index (χ1v) is 7.07. The van der Waals surface area contributed by atoms with Gasteiger partial charge in [-0.3, -0.25) is 9.69 Å². The Morgan fingerprint density at radius 1 is 1.70 bits per heavy atom. The standard InChI is InChI=1S/C11H13N5O3S/c1-14-2-3-15(13-14)4-6-5-20-10-7(12)9(17)16(10)8(6)11(18)19/h2-3,7,10H,4-5,12H2,1H3/t7-,10-/m1/s1. The number of nitrogens with two attached hydrogens (primary N) is 1. The zero-order valence-electron chi connectivity index (χ0n) is 10.7. The predicted octanol–water partition coefficient (Wildman–Crippen LogP) is -3.05. The van der Waals surface area contributed by atoms with Crippen molar-refractivity contribution in [1.82, 2.24) is 14.8 Å². The van der Waals surface area contributed by atoms with Crippen molar-refractivity contribution in [2.75, 3.05) is 5.75 Å². The molecule has 2 atom stereocenters. The lowest BCUT2D eigenvalue weighted by molar-refractivity contribution is -0.732. The number of hydrogen-bond donors (Lipinski definition) is 1. The van der Waals surface area contributed by atoms with E-state index in [9.17, 15) is 14.7 Å². The molecule has 9 heteroatoms. The van der Waals surface area contributed by atoms with Crippen molar-refractivity contribution in [3.63, 3.8) is 0 Å². The Bertz CT molecular complexity index is 625. The van der Waals surface area contributed by atoms with Crippen LogP contribution in [-0.4, -0.2) is 43.8 Å². The van der Waals surface area contributed by atoms with Crippen LogP contribution >= 0.6 is 11.8 Å². The maximum Gasteiger partial charge on any atom is 0.248 e. The molecule has 2 aliphatic rings. The van der Waals surface area contributed by atoms with Crippen LogP contribution in [0.1, 0.15) is 0 Å². The van der Waals surface area contributed by atoms with Gasteiger partial charge < -0.3 is 15.6 Å². The van der Waals surface area contributed by atoms with Crippen molar-refractivity contribution in [2.45, 2.75) is 18.0 Å². The molecular weight excluding hydrogens is 282 g/mol. The number of amides is 1. The molecule has 1 aromatic rings. The molecule has 3 rings (SSSR count). The normalized spacial score (nSPS) is 25.5. The molecule has 0 saturated carbocycles. The van der Waals surface area contributed by atoms with Crippen LogP contribution in [0, 0.1) is 0 Å². The second-order valence-corrected chi connectivity index (χ2v) is 5.84. The van der Waals surface area contributed by atoms with Crippen molar-refractivity contribution in [2.24, 2.45) is 12.8 Å². The van der Waals surface area contributed by atoms with E-state index in [4.69, 9.17) is 5.73 Å². The number of carbonyl (C=O) groups is 2. The first kappa shape index (κ1) is 13.1. The molecule has 8 nitrogen and oxygen atoms in total. The fourth-order valence-electron chi connectivity index (χ4n) is 2.38. The number of rotatable bonds is 3. The second-order valence-electron chi connectivity index (χ2n) is 4.73. The maximum atomic E-state index is 11.7. The van der Waals surface area contributed by atoms with Gasteiger partial charge in [0, 0.05) is 11.3 Å². The van der Waals surface area contributed by atoms with Gasteiger partial charge >= 0.3 is 0 Å². The van der Waals surface area contributed by atoms with Gasteiger partial charge in [-0.25, -0.2) is 0 Å². The van der Waals surface area contributed by atoms with Gasteiger partial charge in [-0.2, -0.15) is 0 Å². The minimum atomic E-state index is -1.35. The number of fused-ring (bicyclic) bond motifs is 1. The van der Waals surface area contributed by atoms with E-state index >= 15 is 0 Å². The number of β-lactam (4-membered cyclic amide) rings is 1. The molecule has 0 aliphatic carbocycles. The Hall–Kier alpha value is -1.87. The quantitative estimate of drug-likeness (QED) is 0.469. The van der Waals surface area contributed by atoms with E-state index < -0.39 is 12.0 Å². The van der Waals surface area contributed by atoms with Crippen molar-refractivity contribution in [1.29, 1.82) is 0 Å². The lowest BCUT2D eigenvalue weighted by atomic mass is 10.0. The number of aryl methyl sites for hydroxylation is 1. The first-order valence-electron chi connectivity index (χ1n) is 6.02. The molecule has 1 fully saturated rings. The molecule has 0 bridgehead atoms. The van der Waals surface area contributed by atoms with Crippen LogP contribution in [0.15, 0.2) is 23.7 Å². The van der Waals surface area contributed by atoms with E-state index in [1.807, 2.05) is 0 Å². The van der Waals surface area contributed by atoms with Crippen molar-refractivity contribution < 1.29 is 19.4 Å². The van der Waals surface area contributed by atoms with Crippen molar-refractivity contribution in [3.8, 4) is 0 Å². The Morgan fingerprint density at radius 2 is 2.45 bits per heavy atom. The van der Waals surface area contributed by atoms with Crippen LogP contribution in [0.5, 0.6) is 0 Å².